The topological polar surface area (TPSA) is 35.0 Å². The van der Waals surface area contributed by atoms with E-state index in [1.165, 1.54) is 42.2 Å². The predicted octanol–water partition coefficient (Wildman–Crippen LogP) is 4.52. The van der Waals surface area contributed by atoms with Gasteiger partial charge >= 0.3 is 0 Å². The molecule has 20 heavy (non-hydrogen) atoms. The first-order valence-corrected chi connectivity index (χ1v) is 8.23. The molecule has 0 saturated carbocycles. The first-order valence-electron chi connectivity index (χ1n) is 6.63. The van der Waals surface area contributed by atoms with Crippen LogP contribution in [0.15, 0.2) is 29.4 Å². The van der Waals surface area contributed by atoms with Crippen molar-refractivity contribution in [2.24, 2.45) is 0 Å². The molecule has 0 aliphatic heterocycles. The molecule has 1 aromatic heterocycles. The average Bonchev–Trinajstić information content (AvgIpc) is 2.46. The zero-order valence-corrected chi connectivity index (χ0v) is 12.8. The van der Waals surface area contributed by atoms with Gasteiger partial charge in [0, 0.05) is 6.07 Å². The first kappa shape index (κ1) is 13.7. The van der Waals surface area contributed by atoms with E-state index in [2.05, 4.69) is 22.1 Å². The van der Waals surface area contributed by atoms with Gasteiger partial charge in [0.05, 0.1) is 0 Å². The van der Waals surface area contributed by atoms with Crippen molar-refractivity contribution in [2.45, 2.75) is 30.8 Å². The molecule has 1 heterocycles. The average molecular weight is 307 g/mol. The van der Waals surface area contributed by atoms with Crippen molar-refractivity contribution >= 4 is 23.4 Å². The Kier molecular flexibility index (Phi) is 4.13. The highest BCUT2D eigenvalue weighted by molar-refractivity contribution is 7.98. The number of aryl methyl sites for hydroxylation is 2. The third-order valence-corrected chi connectivity index (χ3v) is 4.12. The molecule has 0 bridgehead atoms. The molecular formula is C15H15ClN2OS. The van der Waals surface area contributed by atoms with Gasteiger partial charge in [-0.1, -0.05) is 29.4 Å². The number of benzene rings is 1. The summed E-state index contributed by atoms with van der Waals surface area (Å²) in [5.41, 5.74) is 2.83. The third-order valence-electron chi connectivity index (χ3n) is 3.38. The Morgan fingerprint density at radius 2 is 1.90 bits per heavy atom. The SMILES string of the molecule is CSc1nc(Cl)cc(Oc2ccc3c(c2)CCCC3)n1. The highest BCUT2D eigenvalue weighted by atomic mass is 35.5. The van der Waals surface area contributed by atoms with E-state index in [1.54, 1.807) is 6.07 Å². The molecule has 0 spiro atoms. The van der Waals surface area contributed by atoms with Crippen molar-refractivity contribution in [2.75, 3.05) is 6.26 Å². The molecule has 104 valence electrons. The molecule has 0 N–H and O–H groups in total. The Morgan fingerprint density at radius 1 is 1.10 bits per heavy atom. The molecular weight excluding hydrogens is 292 g/mol. The lowest BCUT2D eigenvalue weighted by atomic mass is 9.92. The summed E-state index contributed by atoms with van der Waals surface area (Å²) in [7, 11) is 0. The molecule has 1 aliphatic carbocycles. The Labute approximate surface area is 127 Å². The molecule has 5 heteroatoms. The number of hydrogen-bond donors (Lipinski definition) is 0. The highest BCUT2D eigenvalue weighted by Gasteiger charge is 2.11. The number of nitrogens with zero attached hydrogens (tertiary/aromatic N) is 2. The Hall–Kier alpha value is -1.26. The number of ether oxygens (including phenoxy) is 1. The Bertz CT molecular complexity index is 633. The van der Waals surface area contributed by atoms with Crippen LogP contribution in [0.3, 0.4) is 0 Å². The number of rotatable bonds is 3. The van der Waals surface area contributed by atoms with Crippen LogP contribution in [-0.2, 0) is 12.8 Å². The second-order valence-electron chi connectivity index (χ2n) is 4.76. The summed E-state index contributed by atoms with van der Waals surface area (Å²) in [5, 5.41) is 1.02. The van der Waals surface area contributed by atoms with Crippen LogP contribution >= 0.6 is 23.4 Å². The lowest BCUT2D eigenvalue weighted by Crippen LogP contribution is -2.02. The number of fused-ring (bicyclic) bond motifs is 1. The first-order chi connectivity index (χ1) is 9.74. The third kappa shape index (κ3) is 3.07. The largest absolute Gasteiger partial charge is 0.439 e. The van der Waals surface area contributed by atoms with Crippen molar-refractivity contribution in [1.82, 2.24) is 9.97 Å². The van der Waals surface area contributed by atoms with Crippen molar-refractivity contribution < 1.29 is 4.74 Å². The highest BCUT2D eigenvalue weighted by Crippen LogP contribution is 2.29. The van der Waals surface area contributed by atoms with Gasteiger partial charge in [0.25, 0.3) is 0 Å². The van der Waals surface area contributed by atoms with E-state index in [-0.39, 0.29) is 0 Å². The standard InChI is InChI=1S/C15H15ClN2OS/c1-20-15-17-13(16)9-14(18-15)19-12-7-6-10-4-2-3-5-11(10)8-12/h6-9H,2-5H2,1H3. The minimum absolute atomic E-state index is 0.400. The fourth-order valence-corrected chi connectivity index (χ4v) is 3.01. The lowest BCUT2D eigenvalue weighted by Gasteiger charge is -2.16. The molecule has 1 aromatic carbocycles. The normalized spacial score (nSPS) is 13.9. The van der Waals surface area contributed by atoms with Crippen molar-refractivity contribution in [3.63, 3.8) is 0 Å². The van der Waals surface area contributed by atoms with E-state index >= 15 is 0 Å². The van der Waals surface area contributed by atoms with Crippen molar-refractivity contribution in [1.29, 1.82) is 0 Å². The van der Waals surface area contributed by atoms with Gasteiger partial charge in [-0.15, -0.1) is 0 Å². The molecule has 0 fully saturated rings. The predicted molar refractivity (Wildman–Crippen MR) is 82.0 cm³/mol. The Balaban J connectivity index is 1.85. The van der Waals surface area contributed by atoms with Crippen LogP contribution in [0.4, 0.5) is 0 Å². The maximum Gasteiger partial charge on any atom is 0.224 e. The van der Waals surface area contributed by atoms with E-state index in [1.807, 2.05) is 12.3 Å². The van der Waals surface area contributed by atoms with Crippen LogP contribution < -0.4 is 4.74 Å². The molecule has 0 amide bonds. The molecule has 0 unspecified atom stereocenters. The molecule has 3 rings (SSSR count). The number of aromatic nitrogens is 2. The smallest absolute Gasteiger partial charge is 0.224 e. The molecule has 0 radical (unpaired) electrons. The fourth-order valence-electron chi connectivity index (χ4n) is 2.41. The Morgan fingerprint density at radius 3 is 2.70 bits per heavy atom. The van der Waals surface area contributed by atoms with E-state index in [4.69, 9.17) is 16.3 Å². The van der Waals surface area contributed by atoms with E-state index < -0.39 is 0 Å². The molecule has 0 atom stereocenters. The van der Waals surface area contributed by atoms with E-state index in [0.717, 1.165) is 12.2 Å². The molecule has 1 aliphatic rings. The maximum absolute atomic E-state index is 5.97. The molecule has 0 saturated heterocycles. The van der Waals surface area contributed by atoms with Gasteiger partial charge in [-0.25, -0.2) is 4.98 Å². The summed E-state index contributed by atoms with van der Waals surface area (Å²) < 4.78 is 5.82. The summed E-state index contributed by atoms with van der Waals surface area (Å²) in [6.07, 6.45) is 6.76. The van der Waals surface area contributed by atoms with Gasteiger partial charge in [-0.05, 0) is 55.2 Å². The van der Waals surface area contributed by atoms with Crippen LogP contribution in [0.25, 0.3) is 0 Å². The summed E-state index contributed by atoms with van der Waals surface area (Å²) in [4.78, 5) is 8.41. The minimum atomic E-state index is 0.400. The van der Waals surface area contributed by atoms with Crippen molar-refractivity contribution in [3.05, 3.63) is 40.5 Å². The monoisotopic (exact) mass is 306 g/mol. The van der Waals surface area contributed by atoms with Crippen LogP contribution in [0.2, 0.25) is 5.15 Å². The summed E-state index contributed by atoms with van der Waals surface area (Å²) in [6, 6.07) is 7.91. The van der Waals surface area contributed by atoms with Gasteiger partial charge in [-0.2, -0.15) is 4.98 Å². The van der Waals surface area contributed by atoms with Gasteiger partial charge in [0.15, 0.2) is 5.16 Å². The quantitative estimate of drug-likeness (QED) is 0.474. The van der Waals surface area contributed by atoms with E-state index in [9.17, 15) is 0 Å². The van der Waals surface area contributed by atoms with Crippen molar-refractivity contribution in [3.8, 4) is 11.6 Å². The van der Waals surface area contributed by atoms with E-state index in [0.29, 0.717) is 16.2 Å². The van der Waals surface area contributed by atoms with Gasteiger partial charge in [0.2, 0.25) is 5.88 Å². The number of hydrogen-bond acceptors (Lipinski definition) is 4. The van der Waals surface area contributed by atoms with Crippen LogP contribution in [0.5, 0.6) is 11.6 Å². The van der Waals surface area contributed by atoms with Gasteiger partial charge < -0.3 is 4.74 Å². The summed E-state index contributed by atoms with van der Waals surface area (Å²) in [6.45, 7) is 0. The number of halogens is 1. The second-order valence-corrected chi connectivity index (χ2v) is 5.92. The minimum Gasteiger partial charge on any atom is -0.439 e. The zero-order valence-electron chi connectivity index (χ0n) is 11.2. The fraction of sp³-hybridized carbons (Fsp3) is 0.333. The lowest BCUT2D eigenvalue weighted by molar-refractivity contribution is 0.454. The second kappa shape index (κ2) is 6.02. The summed E-state index contributed by atoms with van der Waals surface area (Å²) >= 11 is 7.41. The molecule has 2 aromatic rings. The number of thioether (sulfide) groups is 1. The zero-order chi connectivity index (χ0) is 13.9. The van der Waals surface area contributed by atoms with Gasteiger partial charge in [0.1, 0.15) is 10.9 Å². The maximum atomic E-state index is 5.97. The summed E-state index contributed by atoms with van der Waals surface area (Å²) in [5.74, 6) is 1.30. The van der Waals surface area contributed by atoms with Crippen LogP contribution in [-0.4, -0.2) is 16.2 Å². The molecule has 3 nitrogen and oxygen atoms in total. The van der Waals surface area contributed by atoms with Crippen LogP contribution in [0.1, 0.15) is 24.0 Å². The van der Waals surface area contributed by atoms with Gasteiger partial charge in [-0.3, -0.25) is 0 Å². The van der Waals surface area contributed by atoms with Crippen LogP contribution in [0, 0.1) is 0 Å².